The fourth-order valence-corrected chi connectivity index (χ4v) is 3.81. The molecule has 0 fully saturated rings. The van der Waals surface area contributed by atoms with Gasteiger partial charge in [-0.25, -0.2) is 4.79 Å². The average molecular weight is 364 g/mol. The highest BCUT2D eigenvalue weighted by Gasteiger charge is 2.41. The third-order valence-corrected chi connectivity index (χ3v) is 4.56. The third-order valence-electron chi connectivity index (χ3n) is 3.96. The molecule has 9 nitrogen and oxygen atoms in total. The summed E-state index contributed by atoms with van der Waals surface area (Å²) in [5.74, 6) is -0.550. The van der Waals surface area contributed by atoms with Crippen LogP contribution >= 0.6 is 0 Å². The number of esters is 1. The van der Waals surface area contributed by atoms with E-state index in [-0.39, 0.29) is 18.7 Å². The normalized spacial score (nSPS) is 19.4. The summed E-state index contributed by atoms with van der Waals surface area (Å²) in [6.45, 7) is 2.02. The molecule has 1 aromatic heterocycles. The smallest absolute Gasteiger partial charge is 0.340 e. The lowest BCUT2D eigenvalue weighted by Gasteiger charge is -2.15. The largest absolute Gasteiger partial charge is 0.462 e. The molecule has 0 spiro atoms. The molecule has 0 saturated carbocycles. The van der Waals surface area contributed by atoms with Gasteiger partial charge in [-0.15, -0.1) is 0 Å². The quantitative estimate of drug-likeness (QED) is 0.265. The highest BCUT2D eigenvalue weighted by Crippen LogP contribution is 2.41. The number of hydrogen-bond donors (Lipinski definition) is 0. The van der Waals surface area contributed by atoms with Crippen molar-refractivity contribution >= 4 is 27.0 Å². The molecule has 0 N–H and O–H groups in total. The highest BCUT2D eigenvalue weighted by molar-refractivity contribution is 7.86. The topological polar surface area (TPSA) is 123 Å². The first-order chi connectivity index (χ1) is 11.9. The standard InChI is InChI=1S/C15H16N4O5S/c1-3-23-15(20)12-9-6-4-5-7-10(9)19-8-11(24-25(2,21)22)13(14(12)19)17-18-16/h4-7,11,13H,3,8H2,1-2H3/t11-,13+/m1/s1. The van der Waals surface area contributed by atoms with E-state index >= 15 is 0 Å². The monoisotopic (exact) mass is 364 g/mol. The molecule has 132 valence electrons. The Morgan fingerprint density at radius 2 is 2.16 bits per heavy atom. The summed E-state index contributed by atoms with van der Waals surface area (Å²) in [6.07, 6.45) is 0.0109. The number of rotatable bonds is 5. The zero-order valence-electron chi connectivity index (χ0n) is 13.6. The van der Waals surface area contributed by atoms with Crippen LogP contribution in [0.5, 0.6) is 0 Å². The Hall–Kier alpha value is -2.55. The zero-order valence-corrected chi connectivity index (χ0v) is 14.4. The first-order valence-corrected chi connectivity index (χ1v) is 9.39. The van der Waals surface area contributed by atoms with Crippen molar-refractivity contribution in [2.24, 2.45) is 5.11 Å². The molecule has 0 amide bonds. The minimum absolute atomic E-state index is 0.145. The van der Waals surface area contributed by atoms with Crippen molar-refractivity contribution in [3.63, 3.8) is 0 Å². The van der Waals surface area contributed by atoms with Crippen LogP contribution in [0.2, 0.25) is 0 Å². The number of fused-ring (bicyclic) bond motifs is 3. The summed E-state index contributed by atoms with van der Waals surface area (Å²) < 4.78 is 35.0. The molecular weight excluding hydrogens is 348 g/mol. The third kappa shape index (κ3) is 3.07. The van der Waals surface area contributed by atoms with E-state index in [0.29, 0.717) is 11.1 Å². The van der Waals surface area contributed by atoms with Crippen molar-refractivity contribution in [1.82, 2.24) is 4.57 Å². The van der Waals surface area contributed by atoms with E-state index in [9.17, 15) is 13.2 Å². The summed E-state index contributed by atoms with van der Waals surface area (Å²) in [4.78, 5) is 15.3. The van der Waals surface area contributed by atoms with Crippen molar-refractivity contribution in [2.45, 2.75) is 25.6 Å². The molecule has 2 heterocycles. The SMILES string of the molecule is CCOC(=O)c1c2n(c3ccccc13)C[C@@H](OS(C)(=O)=O)[C@@H]2N=[N+]=[N-]. The molecular formula is C15H16N4O5S. The Balaban J connectivity index is 2.23. The van der Waals surface area contributed by atoms with Crippen molar-refractivity contribution in [3.05, 3.63) is 46.0 Å². The average Bonchev–Trinajstić information content (AvgIpc) is 3.02. The van der Waals surface area contributed by atoms with E-state index in [4.69, 9.17) is 14.5 Å². The summed E-state index contributed by atoms with van der Waals surface area (Å²) in [5.41, 5.74) is 10.3. The molecule has 0 bridgehead atoms. The van der Waals surface area contributed by atoms with Gasteiger partial charge in [-0.05, 0) is 18.5 Å². The molecule has 0 saturated heterocycles. The van der Waals surface area contributed by atoms with Crippen LogP contribution in [0.3, 0.4) is 0 Å². The Morgan fingerprint density at radius 3 is 2.80 bits per heavy atom. The molecule has 1 aliphatic rings. The van der Waals surface area contributed by atoms with Crippen LogP contribution in [0.25, 0.3) is 21.3 Å². The van der Waals surface area contributed by atoms with Gasteiger partial charge in [0.2, 0.25) is 0 Å². The number of aromatic nitrogens is 1. The lowest BCUT2D eigenvalue weighted by molar-refractivity contribution is 0.0526. The predicted molar refractivity (Wildman–Crippen MR) is 89.5 cm³/mol. The van der Waals surface area contributed by atoms with Crippen LogP contribution in [0, 0.1) is 0 Å². The lowest BCUT2D eigenvalue weighted by atomic mass is 10.0. The van der Waals surface area contributed by atoms with E-state index in [1.165, 1.54) is 0 Å². The summed E-state index contributed by atoms with van der Waals surface area (Å²) in [5, 5.41) is 4.35. The number of benzene rings is 1. The van der Waals surface area contributed by atoms with Gasteiger partial charge in [0.05, 0.1) is 25.0 Å². The Labute approximate surface area is 143 Å². The number of carbonyl (C=O) groups is 1. The molecule has 0 unspecified atom stereocenters. The van der Waals surface area contributed by atoms with Crippen molar-refractivity contribution in [1.29, 1.82) is 0 Å². The molecule has 3 rings (SSSR count). The molecule has 0 radical (unpaired) electrons. The van der Waals surface area contributed by atoms with Gasteiger partial charge in [0.1, 0.15) is 12.1 Å². The molecule has 10 heteroatoms. The van der Waals surface area contributed by atoms with Gasteiger partial charge in [-0.1, -0.05) is 23.3 Å². The Kier molecular flexibility index (Phi) is 4.42. The minimum atomic E-state index is -3.76. The van der Waals surface area contributed by atoms with Crippen molar-refractivity contribution in [3.8, 4) is 0 Å². The number of para-hydroxylation sites is 1. The number of nitrogens with zero attached hydrogens (tertiary/aromatic N) is 4. The maximum atomic E-state index is 12.5. The number of ether oxygens (including phenoxy) is 1. The van der Waals surface area contributed by atoms with Crippen molar-refractivity contribution < 1.29 is 22.1 Å². The second-order valence-electron chi connectivity index (χ2n) is 5.60. The van der Waals surface area contributed by atoms with Gasteiger partial charge in [0.15, 0.2) is 0 Å². The molecule has 1 aliphatic heterocycles. The fraction of sp³-hybridized carbons (Fsp3) is 0.400. The van der Waals surface area contributed by atoms with Crippen LogP contribution in [-0.4, -0.2) is 37.9 Å². The zero-order chi connectivity index (χ0) is 18.2. The maximum absolute atomic E-state index is 12.5. The predicted octanol–water partition coefficient (Wildman–Crippen LogP) is 2.53. The van der Waals surface area contributed by atoms with E-state index < -0.39 is 28.2 Å². The minimum Gasteiger partial charge on any atom is -0.462 e. The molecule has 2 aromatic rings. The fourth-order valence-electron chi connectivity index (χ4n) is 3.19. The number of carbonyl (C=O) groups excluding carboxylic acids is 1. The highest BCUT2D eigenvalue weighted by atomic mass is 32.2. The molecule has 25 heavy (non-hydrogen) atoms. The second kappa shape index (κ2) is 6.40. The first kappa shape index (κ1) is 17.3. The van der Waals surface area contributed by atoms with E-state index in [0.717, 1.165) is 11.8 Å². The van der Waals surface area contributed by atoms with Gasteiger partial charge >= 0.3 is 5.97 Å². The summed E-state index contributed by atoms with van der Waals surface area (Å²) >= 11 is 0. The van der Waals surface area contributed by atoms with Gasteiger partial charge in [0.25, 0.3) is 10.1 Å². The first-order valence-electron chi connectivity index (χ1n) is 7.58. The van der Waals surface area contributed by atoms with Crippen molar-refractivity contribution in [2.75, 3.05) is 12.9 Å². The number of hydrogen-bond acceptors (Lipinski definition) is 6. The van der Waals surface area contributed by atoms with Gasteiger partial charge in [0, 0.05) is 21.5 Å². The maximum Gasteiger partial charge on any atom is 0.340 e. The molecule has 0 aliphatic carbocycles. The molecule has 1 aromatic carbocycles. The Bertz CT molecular complexity index is 991. The van der Waals surface area contributed by atoms with Gasteiger partial charge in [-0.2, -0.15) is 8.42 Å². The van der Waals surface area contributed by atoms with Crippen LogP contribution < -0.4 is 0 Å². The second-order valence-corrected chi connectivity index (χ2v) is 7.20. The Morgan fingerprint density at radius 1 is 1.44 bits per heavy atom. The van der Waals surface area contributed by atoms with E-state index in [2.05, 4.69) is 10.0 Å². The van der Waals surface area contributed by atoms with Crippen LogP contribution in [0.1, 0.15) is 29.0 Å². The van der Waals surface area contributed by atoms with Crippen LogP contribution in [0.15, 0.2) is 29.4 Å². The van der Waals surface area contributed by atoms with Gasteiger partial charge in [-0.3, -0.25) is 4.18 Å². The summed E-state index contributed by atoms with van der Waals surface area (Å²) in [7, 11) is -3.76. The lowest BCUT2D eigenvalue weighted by Crippen LogP contribution is -2.22. The number of azide groups is 1. The van der Waals surface area contributed by atoms with E-state index in [1.807, 2.05) is 0 Å². The van der Waals surface area contributed by atoms with Crippen LogP contribution in [-0.2, 0) is 25.6 Å². The van der Waals surface area contributed by atoms with E-state index in [1.54, 1.807) is 35.8 Å². The summed E-state index contributed by atoms with van der Waals surface area (Å²) in [6, 6.07) is 6.21. The van der Waals surface area contributed by atoms with Gasteiger partial charge < -0.3 is 9.30 Å². The molecule has 2 atom stereocenters. The van der Waals surface area contributed by atoms with Crippen LogP contribution in [0.4, 0.5) is 0 Å².